The van der Waals surface area contributed by atoms with E-state index in [0.29, 0.717) is 24.9 Å². The fraction of sp³-hybridized carbons (Fsp3) is 0.700. The number of hydrogen-bond acceptors (Lipinski definition) is 2. The summed E-state index contributed by atoms with van der Waals surface area (Å²) < 4.78 is 24.5. The third-order valence-corrected chi connectivity index (χ3v) is 5.04. The van der Waals surface area contributed by atoms with Crippen molar-refractivity contribution in [2.75, 3.05) is 20.3 Å². The molecule has 0 N–H and O–H groups in total. The van der Waals surface area contributed by atoms with Gasteiger partial charge in [-0.1, -0.05) is 38.7 Å². The molecule has 1 fully saturated rings. The summed E-state index contributed by atoms with van der Waals surface area (Å²) in [6, 6.07) is 5.48. The molecule has 3 heteroatoms. The molecule has 0 saturated heterocycles. The molecule has 130 valence electrons. The van der Waals surface area contributed by atoms with Crippen LogP contribution in [0.3, 0.4) is 0 Å². The smallest absolute Gasteiger partial charge is 0.165 e. The van der Waals surface area contributed by atoms with Crippen molar-refractivity contribution in [2.24, 2.45) is 5.92 Å². The van der Waals surface area contributed by atoms with Gasteiger partial charge in [0.1, 0.15) is 6.61 Å². The molecule has 0 atom stereocenters. The quantitative estimate of drug-likeness (QED) is 0.543. The zero-order valence-corrected chi connectivity index (χ0v) is 14.7. The molecular formula is C20H31FO2. The Hall–Kier alpha value is -1.09. The van der Waals surface area contributed by atoms with Crippen LogP contribution in [0.2, 0.25) is 0 Å². The van der Waals surface area contributed by atoms with Crippen molar-refractivity contribution in [1.29, 1.82) is 0 Å². The van der Waals surface area contributed by atoms with Crippen LogP contribution < -0.4 is 4.74 Å². The van der Waals surface area contributed by atoms with Crippen LogP contribution in [-0.2, 0) is 4.74 Å². The highest BCUT2D eigenvalue weighted by Crippen LogP contribution is 2.38. The first kappa shape index (κ1) is 18.3. The lowest BCUT2D eigenvalue weighted by Crippen LogP contribution is -2.13. The zero-order chi connectivity index (χ0) is 16.5. The summed E-state index contributed by atoms with van der Waals surface area (Å²) in [6.45, 7) is 3.12. The second-order valence-corrected chi connectivity index (χ2v) is 6.74. The summed E-state index contributed by atoms with van der Waals surface area (Å²) in [7, 11) is 1.61. The average Bonchev–Trinajstić information content (AvgIpc) is 2.57. The maximum Gasteiger partial charge on any atom is 0.165 e. The summed E-state index contributed by atoms with van der Waals surface area (Å²) >= 11 is 0. The summed E-state index contributed by atoms with van der Waals surface area (Å²) in [5.41, 5.74) is 1.13. The SMILES string of the molecule is CCCCCC1CCC(c2ccc(OCCOC)c(F)c2)CC1. The largest absolute Gasteiger partial charge is 0.488 e. The summed E-state index contributed by atoms with van der Waals surface area (Å²) in [4.78, 5) is 0. The van der Waals surface area contributed by atoms with Crippen molar-refractivity contribution < 1.29 is 13.9 Å². The molecule has 1 aromatic carbocycles. The zero-order valence-electron chi connectivity index (χ0n) is 14.7. The number of benzene rings is 1. The van der Waals surface area contributed by atoms with E-state index in [4.69, 9.17) is 9.47 Å². The molecule has 0 aromatic heterocycles. The topological polar surface area (TPSA) is 18.5 Å². The Morgan fingerprint density at radius 3 is 2.52 bits per heavy atom. The molecule has 1 saturated carbocycles. The molecule has 0 aliphatic heterocycles. The van der Waals surface area contributed by atoms with Crippen molar-refractivity contribution in [3.8, 4) is 5.75 Å². The standard InChI is InChI=1S/C20H31FO2/c1-3-4-5-6-16-7-9-17(10-8-16)18-11-12-20(19(21)15-18)23-14-13-22-2/h11-12,15-17H,3-10,13-14H2,1-2H3. The lowest BCUT2D eigenvalue weighted by atomic mass is 9.77. The number of hydrogen-bond donors (Lipinski definition) is 0. The van der Waals surface area contributed by atoms with Gasteiger partial charge in [0.05, 0.1) is 6.61 Å². The molecule has 1 aliphatic carbocycles. The maximum atomic E-state index is 14.1. The average molecular weight is 322 g/mol. The fourth-order valence-corrected chi connectivity index (χ4v) is 3.59. The van der Waals surface area contributed by atoms with Gasteiger partial charge in [0, 0.05) is 7.11 Å². The van der Waals surface area contributed by atoms with Gasteiger partial charge in [0.2, 0.25) is 0 Å². The van der Waals surface area contributed by atoms with Crippen molar-refractivity contribution in [1.82, 2.24) is 0 Å². The third kappa shape index (κ3) is 5.80. The van der Waals surface area contributed by atoms with Crippen LogP contribution in [0, 0.1) is 11.7 Å². The summed E-state index contributed by atoms with van der Waals surface area (Å²) in [5, 5.41) is 0. The Bertz CT molecular complexity index is 453. The van der Waals surface area contributed by atoms with Crippen LogP contribution in [0.1, 0.15) is 69.8 Å². The molecule has 0 heterocycles. The second kappa shape index (κ2) is 9.92. The van der Waals surface area contributed by atoms with Gasteiger partial charge < -0.3 is 9.47 Å². The third-order valence-electron chi connectivity index (χ3n) is 5.04. The summed E-state index contributed by atoms with van der Waals surface area (Å²) in [5.74, 6) is 1.49. The highest BCUT2D eigenvalue weighted by atomic mass is 19.1. The number of ether oxygens (including phenoxy) is 2. The molecule has 2 nitrogen and oxygen atoms in total. The molecule has 0 unspecified atom stereocenters. The van der Waals surface area contributed by atoms with Crippen LogP contribution in [0.25, 0.3) is 0 Å². The fourth-order valence-electron chi connectivity index (χ4n) is 3.59. The van der Waals surface area contributed by atoms with E-state index in [2.05, 4.69) is 6.92 Å². The van der Waals surface area contributed by atoms with Crippen LogP contribution in [0.5, 0.6) is 5.75 Å². The van der Waals surface area contributed by atoms with E-state index in [1.54, 1.807) is 19.2 Å². The van der Waals surface area contributed by atoms with E-state index in [9.17, 15) is 4.39 Å². The van der Waals surface area contributed by atoms with E-state index < -0.39 is 0 Å². The molecule has 1 aromatic rings. The highest BCUT2D eigenvalue weighted by Gasteiger charge is 2.22. The Morgan fingerprint density at radius 2 is 1.87 bits per heavy atom. The van der Waals surface area contributed by atoms with Crippen molar-refractivity contribution in [3.05, 3.63) is 29.6 Å². The number of methoxy groups -OCH3 is 1. The Kier molecular flexibility index (Phi) is 7.87. The minimum absolute atomic E-state index is 0.247. The number of halogens is 1. The Balaban J connectivity index is 1.82. The van der Waals surface area contributed by atoms with Crippen LogP contribution >= 0.6 is 0 Å². The Morgan fingerprint density at radius 1 is 1.09 bits per heavy atom. The second-order valence-electron chi connectivity index (χ2n) is 6.74. The molecule has 2 rings (SSSR count). The van der Waals surface area contributed by atoms with Crippen LogP contribution in [0.15, 0.2) is 18.2 Å². The lowest BCUT2D eigenvalue weighted by molar-refractivity contribution is 0.144. The summed E-state index contributed by atoms with van der Waals surface area (Å²) in [6.07, 6.45) is 10.4. The molecule has 0 radical (unpaired) electrons. The van der Waals surface area contributed by atoms with E-state index >= 15 is 0 Å². The predicted octanol–water partition coefficient (Wildman–Crippen LogP) is 5.71. The van der Waals surface area contributed by atoms with E-state index in [1.165, 1.54) is 51.4 Å². The van der Waals surface area contributed by atoms with Gasteiger partial charge in [0.15, 0.2) is 11.6 Å². The van der Waals surface area contributed by atoms with Gasteiger partial charge in [-0.25, -0.2) is 4.39 Å². The Labute approximate surface area is 140 Å². The van der Waals surface area contributed by atoms with Gasteiger partial charge in [-0.3, -0.25) is 0 Å². The highest BCUT2D eigenvalue weighted by molar-refractivity contribution is 5.31. The first-order valence-corrected chi connectivity index (χ1v) is 9.15. The van der Waals surface area contributed by atoms with Crippen LogP contribution in [0.4, 0.5) is 4.39 Å². The van der Waals surface area contributed by atoms with Gasteiger partial charge >= 0.3 is 0 Å². The van der Waals surface area contributed by atoms with Crippen molar-refractivity contribution in [3.63, 3.8) is 0 Å². The van der Waals surface area contributed by atoms with Crippen molar-refractivity contribution in [2.45, 2.75) is 64.2 Å². The maximum absolute atomic E-state index is 14.1. The van der Waals surface area contributed by atoms with E-state index in [-0.39, 0.29) is 5.82 Å². The number of unbranched alkanes of at least 4 members (excludes halogenated alkanes) is 2. The normalized spacial score (nSPS) is 21.3. The monoisotopic (exact) mass is 322 g/mol. The first-order chi connectivity index (χ1) is 11.2. The van der Waals surface area contributed by atoms with E-state index in [1.807, 2.05) is 6.07 Å². The van der Waals surface area contributed by atoms with Crippen molar-refractivity contribution >= 4 is 0 Å². The molecule has 23 heavy (non-hydrogen) atoms. The van der Waals surface area contributed by atoms with Gasteiger partial charge in [0.25, 0.3) is 0 Å². The minimum Gasteiger partial charge on any atom is -0.488 e. The molecule has 0 spiro atoms. The van der Waals surface area contributed by atoms with Gasteiger partial charge in [-0.15, -0.1) is 0 Å². The van der Waals surface area contributed by atoms with Crippen LogP contribution in [-0.4, -0.2) is 20.3 Å². The molecule has 1 aliphatic rings. The molecule has 0 bridgehead atoms. The van der Waals surface area contributed by atoms with E-state index in [0.717, 1.165) is 11.5 Å². The molecular weight excluding hydrogens is 291 g/mol. The lowest BCUT2D eigenvalue weighted by Gasteiger charge is -2.29. The minimum atomic E-state index is -0.247. The first-order valence-electron chi connectivity index (χ1n) is 9.15. The van der Waals surface area contributed by atoms with Gasteiger partial charge in [-0.05, 0) is 55.2 Å². The van der Waals surface area contributed by atoms with Gasteiger partial charge in [-0.2, -0.15) is 0 Å². The molecule has 0 amide bonds. The number of rotatable bonds is 9. The predicted molar refractivity (Wildman–Crippen MR) is 92.6 cm³/mol.